The normalized spacial score (nSPS) is 18.7. The van der Waals surface area contributed by atoms with E-state index in [0.29, 0.717) is 47.2 Å². The number of aryl methyl sites for hydroxylation is 1. The first kappa shape index (κ1) is 22.2. The number of likely N-dealkylation sites (N-methyl/N-ethyl adjacent to an activating group) is 1. The lowest BCUT2D eigenvalue weighted by Crippen LogP contribution is -2.54. The Morgan fingerprint density at radius 3 is 2.47 bits per heavy atom. The first-order valence-corrected chi connectivity index (χ1v) is 11.4. The molecule has 0 bridgehead atoms. The summed E-state index contributed by atoms with van der Waals surface area (Å²) >= 11 is 6.54. The zero-order chi connectivity index (χ0) is 22.9. The third kappa shape index (κ3) is 3.52. The number of carbonyl (C=O) groups excluding carboxylic acids is 2. The molecule has 0 saturated heterocycles. The van der Waals surface area contributed by atoms with Gasteiger partial charge in [-0.2, -0.15) is 5.10 Å². The molecule has 166 valence electrons. The monoisotopic (exact) mass is 451 g/mol. The van der Waals surface area contributed by atoms with Gasteiger partial charge in [-0.1, -0.05) is 54.9 Å². The van der Waals surface area contributed by atoms with Crippen LogP contribution in [-0.4, -0.2) is 33.4 Å². The van der Waals surface area contributed by atoms with Crippen molar-refractivity contribution in [2.24, 2.45) is 0 Å². The van der Waals surface area contributed by atoms with E-state index < -0.39 is 11.4 Å². The molecule has 1 saturated carbocycles. The standard InChI is InChI=1S/C25H26ClN3O3/c1-3-16-29-23(31)18-11-5-4-10-17(18)22(27-29)24(32)28(2)25(15-9-8-14-21(25)30)19-12-6-7-13-20(19)26/h4-7,10-13H,3,8-9,14-16H2,1-2H3/t25-/m0/s1. The minimum atomic E-state index is -1.16. The Morgan fingerprint density at radius 1 is 1.09 bits per heavy atom. The van der Waals surface area contributed by atoms with Gasteiger partial charge in [0.05, 0.1) is 5.39 Å². The Bertz CT molecular complexity index is 1250. The van der Waals surface area contributed by atoms with Crippen LogP contribution >= 0.6 is 11.6 Å². The number of ketones is 1. The van der Waals surface area contributed by atoms with Gasteiger partial charge in [0.2, 0.25) is 0 Å². The summed E-state index contributed by atoms with van der Waals surface area (Å²) in [6.07, 6.45) is 3.17. The van der Waals surface area contributed by atoms with Gasteiger partial charge >= 0.3 is 0 Å². The van der Waals surface area contributed by atoms with Crippen LogP contribution in [0.25, 0.3) is 10.8 Å². The number of rotatable bonds is 5. The molecule has 2 aromatic carbocycles. The van der Waals surface area contributed by atoms with Gasteiger partial charge in [-0.3, -0.25) is 14.4 Å². The topological polar surface area (TPSA) is 72.3 Å². The van der Waals surface area contributed by atoms with Crippen molar-refractivity contribution in [3.8, 4) is 0 Å². The van der Waals surface area contributed by atoms with Crippen LogP contribution in [0.1, 0.15) is 55.1 Å². The van der Waals surface area contributed by atoms with E-state index in [1.807, 2.05) is 25.1 Å². The molecule has 1 aliphatic rings. The Labute approximate surface area is 191 Å². The Kier molecular flexibility index (Phi) is 6.15. The van der Waals surface area contributed by atoms with Crippen LogP contribution in [0, 0.1) is 0 Å². The summed E-state index contributed by atoms with van der Waals surface area (Å²) in [6, 6.07) is 14.2. The van der Waals surface area contributed by atoms with Crippen molar-refractivity contribution in [1.82, 2.24) is 14.7 Å². The highest BCUT2D eigenvalue weighted by Crippen LogP contribution is 2.42. The summed E-state index contributed by atoms with van der Waals surface area (Å²) in [5, 5.41) is 5.83. The van der Waals surface area contributed by atoms with Crippen molar-refractivity contribution in [2.45, 2.75) is 51.1 Å². The largest absolute Gasteiger partial charge is 0.323 e. The number of amides is 1. The van der Waals surface area contributed by atoms with E-state index in [4.69, 9.17) is 11.6 Å². The van der Waals surface area contributed by atoms with Gasteiger partial charge in [-0.15, -0.1) is 0 Å². The van der Waals surface area contributed by atoms with E-state index in [1.165, 1.54) is 9.58 Å². The summed E-state index contributed by atoms with van der Waals surface area (Å²) in [7, 11) is 1.64. The highest BCUT2D eigenvalue weighted by molar-refractivity contribution is 6.32. The second-order valence-corrected chi connectivity index (χ2v) is 8.66. The molecule has 1 heterocycles. The number of halogens is 1. The molecular formula is C25H26ClN3O3. The maximum atomic E-state index is 13.9. The smallest absolute Gasteiger partial charge is 0.275 e. The molecule has 4 rings (SSSR count). The summed E-state index contributed by atoms with van der Waals surface area (Å²) in [6.45, 7) is 2.35. The fourth-order valence-corrected chi connectivity index (χ4v) is 5.01. The number of Topliss-reactive ketones (excluding diaryl/α,β-unsaturated/α-hetero) is 1. The molecule has 1 aromatic heterocycles. The van der Waals surface area contributed by atoms with Gasteiger partial charge in [0.15, 0.2) is 11.5 Å². The van der Waals surface area contributed by atoms with Crippen LogP contribution in [0.4, 0.5) is 0 Å². The molecule has 1 fully saturated rings. The number of hydrogen-bond acceptors (Lipinski definition) is 4. The van der Waals surface area contributed by atoms with Crippen molar-refractivity contribution in [3.05, 3.63) is 75.2 Å². The third-order valence-electron chi connectivity index (χ3n) is 6.36. The first-order valence-electron chi connectivity index (χ1n) is 11.0. The molecule has 1 aliphatic carbocycles. The van der Waals surface area contributed by atoms with Crippen molar-refractivity contribution in [3.63, 3.8) is 0 Å². The minimum Gasteiger partial charge on any atom is -0.323 e. The summed E-state index contributed by atoms with van der Waals surface area (Å²) in [5.41, 5.74) is -0.590. The van der Waals surface area contributed by atoms with E-state index in [1.54, 1.807) is 37.4 Å². The second kappa shape index (κ2) is 8.87. The lowest BCUT2D eigenvalue weighted by atomic mass is 9.74. The van der Waals surface area contributed by atoms with Crippen LogP contribution in [0.5, 0.6) is 0 Å². The Morgan fingerprint density at radius 2 is 1.78 bits per heavy atom. The molecule has 0 radical (unpaired) electrons. The summed E-state index contributed by atoms with van der Waals surface area (Å²) in [4.78, 5) is 41.7. The molecule has 1 amide bonds. The average molecular weight is 452 g/mol. The van der Waals surface area contributed by atoms with E-state index in [-0.39, 0.29) is 17.0 Å². The fraction of sp³-hybridized carbons (Fsp3) is 0.360. The molecule has 32 heavy (non-hydrogen) atoms. The SMILES string of the molecule is CCCn1nc(C(=O)N(C)[C@]2(c3ccccc3Cl)CCCCC2=O)c2ccccc2c1=O. The van der Waals surface area contributed by atoms with Gasteiger partial charge in [0.1, 0.15) is 5.54 Å². The van der Waals surface area contributed by atoms with Crippen LogP contribution in [0.3, 0.4) is 0 Å². The zero-order valence-corrected chi connectivity index (χ0v) is 19.1. The Hall–Kier alpha value is -2.99. The maximum Gasteiger partial charge on any atom is 0.275 e. The van der Waals surface area contributed by atoms with Gasteiger partial charge < -0.3 is 4.90 Å². The molecule has 6 nitrogen and oxygen atoms in total. The molecule has 0 N–H and O–H groups in total. The lowest BCUT2D eigenvalue weighted by molar-refractivity contribution is -0.132. The number of aromatic nitrogens is 2. The van der Waals surface area contributed by atoms with E-state index in [0.717, 1.165) is 12.8 Å². The van der Waals surface area contributed by atoms with Crippen LogP contribution < -0.4 is 5.56 Å². The van der Waals surface area contributed by atoms with Gasteiger partial charge in [0, 0.05) is 36.0 Å². The molecular weight excluding hydrogens is 426 g/mol. The molecule has 0 spiro atoms. The van der Waals surface area contributed by atoms with Crippen molar-refractivity contribution in [2.75, 3.05) is 7.05 Å². The quantitative estimate of drug-likeness (QED) is 0.569. The van der Waals surface area contributed by atoms with Crippen LogP contribution in [0.15, 0.2) is 53.3 Å². The van der Waals surface area contributed by atoms with Gasteiger partial charge in [0.25, 0.3) is 11.5 Å². The lowest BCUT2D eigenvalue weighted by Gasteiger charge is -2.43. The van der Waals surface area contributed by atoms with Crippen molar-refractivity contribution in [1.29, 1.82) is 0 Å². The minimum absolute atomic E-state index is 0.0288. The van der Waals surface area contributed by atoms with Gasteiger partial charge in [-0.05, 0) is 37.8 Å². The number of benzene rings is 2. The summed E-state index contributed by atoms with van der Waals surface area (Å²) < 4.78 is 1.34. The van der Waals surface area contributed by atoms with E-state index in [2.05, 4.69) is 5.10 Å². The second-order valence-electron chi connectivity index (χ2n) is 8.26. The van der Waals surface area contributed by atoms with E-state index in [9.17, 15) is 14.4 Å². The highest BCUT2D eigenvalue weighted by Gasteiger charge is 2.48. The molecule has 7 heteroatoms. The van der Waals surface area contributed by atoms with Crippen LogP contribution in [-0.2, 0) is 16.9 Å². The molecule has 0 aliphatic heterocycles. The highest BCUT2D eigenvalue weighted by atomic mass is 35.5. The predicted molar refractivity (Wildman–Crippen MR) is 125 cm³/mol. The van der Waals surface area contributed by atoms with Gasteiger partial charge in [-0.25, -0.2) is 4.68 Å². The van der Waals surface area contributed by atoms with Crippen LogP contribution in [0.2, 0.25) is 5.02 Å². The molecule has 3 aromatic rings. The van der Waals surface area contributed by atoms with Crippen molar-refractivity contribution >= 4 is 34.1 Å². The number of fused-ring (bicyclic) bond motifs is 1. The fourth-order valence-electron chi connectivity index (χ4n) is 4.72. The predicted octanol–water partition coefficient (Wildman–Crippen LogP) is 4.57. The van der Waals surface area contributed by atoms with E-state index >= 15 is 0 Å². The molecule has 1 atom stereocenters. The summed E-state index contributed by atoms with van der Waals surface area (Å²) in [5.74, 6) is -0.430. The number of nitrogens with zero attached hydrogens (tertiary/aromatic N) is 3. The maximum absolute atomic E-state index is 13.9. The van der Waals surface area contributed by atoms with Crippen molar-refractivity contribution < 1.29 is 9.59 Å². The average Bonchev–Trinajstić information content (AvgIpc) is 2.81. The Balaban J connectivity index is 1.91. The number of carbonyl (C=O) groups is 2. The third-order valence-corrected chi connectivity index (χ3v) is 6.69. The number of hydrogen-bond donors (Lipinski definition) is 0. The molecule has 0 unspecified atom stereocenters. The first-order chi connectivity index (χ1) is 15.4. The zero-order valence-electron chi connectivity index (χ0n) is 18.3.